The minimum Gasteiger partial charge on any atom is -0.302 e. The Labute approximate surface area is 82.7 Å². The maximum atomic E-state index is 10.9. The molecule has 0 unspecified atom stereocenters. The van der Waals surface area contributed by atoms with Gasteiger partial charge in [-0.15, -0.1) is 0 Å². The Kier molecular flexibility index (Phi) is 1.92. The van der Waals surface area contributed by atoms with Gasteiger partial charge in [-0.2, -0.15) is 0 Å². The molecule has 0 N–H and O–H groups in total. The summed E-state index contributed by atoms with van der Waals surface area (Å²) in [7, 11) is 0. The van der Waals surface area contributed by atoms with Crippen LogP contribution in [0.25, 0.3) is 0 Å². The first kappa shape index (κ1) is 8.76. The molecular formula is C11H11ClO. The second kappa shape index (κ2) is 2.85. The fourth-order valence-electron chi connectivity index (χ4n) is 1.77. The Bertz CT molecular complexity index is 353. The summed E-state index contributed by atoms with van der Waals surface area (Å²) in [6, 6.07) is 5.74. The summed E-state index contributed by atoms with van der Waals surface area (Å²) in [6.07, 6.45) is 3.04. The van der Waals surface area contributed by atoms with Crippen molar-refractivity contribution in [1.82, 2.24) is 0 Å². The van der Waals surface area contributed by atoms with Crippen molar-refractivity contribution in [2.75, 3.05) is 0 Å². The van der Waals surface area contributed by atoms with Crippen molar-refractivity contribution >= 4 is 17.9 Å². The van der Waals surface area contributed by atoms with E-state index in [1.165, 1.54) is 0 Å². The van der Waals surface area contributed by atoms with Gasteiger partial charge < -0.3 is 4.79 Å². The molecule has 1 aliphatic rings. The number of carbonyl (C=O) groups is 1. The van der Waals surface area contributed by atoms with E-state index < -0.39 is 0 Å². The third-order valence-corrected chi connectivity index (χ3v) is 2.97. The normalized spacial score (nSPS) is 18.3. The van der Waals surface area contributed by atoms with Crippen molar-refractivity contribution in [3.63, 3.8) is 0 Å². The average molecular weight is 195 g/mol. The molecule has 0 amide bonds. The van der Waals surface area contributed by atoms with Gasteiger partial charge in [0.25, 0.3) is 0 Å². The number of hydrogen-bond donors (Lipinski definition) is 0. The molecule has 0 radical (unpaired) electrons. The molecule has 1 saturated carbocycles. The van der Waals surface area contributed by atoms with Gasteiger partial charge in [0.05, 0.1) is 5.41 Å². The zero-order valence-corrected chi connectivity index (χ0v) is 8.27. The molecule has 0 atom stereocenters. The van der Waals surface area contributed by atoms with Gasteiger partial charge in [-0.1, -0.05) is 17.7 Å². The smallest absolute Gasteiger partial charge is 0.130 e. The van der Waals surface area contributed by atoms with Crippen molar-refractivity contribution < 1.29 is 4.79 Å². The highest BCUT2D eigenvalue weighted by Gasteiger charge is 2.44. The van der Waals surface area contributed by atoms with Crippen molar-refractivity contribution in [3.05, 3.63) is 34.3 Å². The summed E-state index contributed by atoms with van der Waals surface area (Å²) in [4.78, 5) is 10.9. The molecular weight excluding hydrogens is 184 g/mol. The monoisotopic (exact) mass is 194 g/mol. The molecule has 0 saturated heterocycles. The zero-order valence-electron chi connectivity index (χ0n) is 7.51. The molecule has 2 rings (SSSR count). The Morgan fingerprint density at radius 3 is 2.62 bits per heavy atom. The molecule has 0 aliphatic heterocycles. The first-order chi connectivity index (χ1) is 6.18. The lowest BCUT2D eigenvalue weighted by Crippen LogP contribution is -2.09. The average Bonchev–Trinajstić information content (AvgIpc) is 2.85. The number of benzene rings is 1. The molecule has 1 nitrogen and oxygen atoms in total. The number of aryl methyl sites for hydroxylation is 1. The van der Waals surface area contributed by atoms with Crippen LogP contribution in [0.1, 0.15) is 24.0 Å². The summed E-state index contributed by atoms with van der Waals surface area (Å²) in [5.74, 6) is 0. The SMILES string of the molecule is Cc1cc(Cl)ccc1C1(C=O)CC1. The molecule has 0 aromatic heterocycles. The standard InChI is InChI=1S/C11H11ClO/c1-8-6-9(12)2-3-10(8)11(7-13)4-5-11/h2-3,6-7H,4-5H2,1H3. The van der Waals surface area contributed by atoms with Crippen molar-refractivity contribution in [2.24, 2.45) is 0 Å². The number of rotatable bonds is 2. The van der Waals surface area contributed by atoms with Crippen LogP contribution in [0.2, 0.25) is 5.02 Å². The van der Waals surface area contributed by atoms with Crippen LogP contribution in [0.5, 0.6) is 0 Å². The van der Waals surface area contributed by atoms with Gasteiger partial charge in [-0.25, -0.2) is 0 Å². The highest BCUT2D eigenvalue weighted by atomic mass is 35.5. The van der Waals surface area contributed by atoms with E-state index in [9.17, 15) is 4.79 Å². The molecule has 1 aromatic carbocycles. The fourth-order valence-corrected chi connectivity index (χ4v) is 2.00. The molecule has 0 heterocycles. The predicted octanol–water partition coefficient (Wildman–Crippen LogP) is 2.88. The van der Waals surface area contributed by atoms with E-state index in [0.717, 1.165) is 35.3 Å². The van der Waals surface area contributed by atoms with E-state index in [1.54, 1.807) is 0 Å². The summed E-state index contributed by atoms with van der Waals surface area (Å²) >= 11 is 5.84. The lowest BCUT2D eigenvalue weighted by Gasteiger charge is -2.10. The maximum Gasteiger partial charge on any atom is 0.130 e. The van der Waals surface area contributed by atoms with Gasteiger partial charge in [0.15, 0.2) is 0 Å². The summed E-state index contributed by atoms with van der Waals surface area (Å²) in [5.41, 5.74) is 2.10. The van der Waals surface area contributed by atoms with E-state index in [1.807, 2.05) is 25.1 Å². The van der Waals surface area contributed by atoms with Crippen LogP contribution in [0, 0.1) is 6.92 Å². The first-order valence-corrected chi connectivity index (χ1v) is 4.79. The van der Waals surface area contributed by atoms with Gasteiger partial charge in [-0.3, -0.25) is 0 Å². The van der Waals surface area contributed by atoms with Gasteiger partial charge in [0.1, 0.15) is 6.29 Å². The zero-order chi connectivity index (χ0) is 9.47. The van der Waals surface area contributed by atoms with Gasteiger partial charge >= 0.3 is 0 Å². The van der Waals surface area contributed by atoms with E-state index in [-0.39, 0.29) is 5.41 Å². The lowest BCUT2D eigenvalue weighted by atomic mass is 9.93. The maximum absolute atomic E-state index is 10.9. The predicted molar refractivity (Wildman–Crippen MR) is 53.2 cm³/mol. The van der Waals surface area contributed by atoms with E-state index in [2.05, 4.69) is 0 Å². The summed E-state index contributed by atoms with van der Waals surface area (Å²) in [6.45, 7) is 2.00. The quantitative estimate of drug-likeness (QED) is 0.662. The Balaban J connectivity index is 2.47. The van der Waals surface area contributed by atoms with Gasteiger partial charge in [0.2, 0.25) is 0 Å². The second-order valence-electron chi connectivity index (χ2n) is 3.73. The minimum absolute atomic E-state index is 0.172. The minimum atomic E-state index is -0.172. The summed E-state index contributed by atoms with van der Waals surface area (Å²) < 4.78 is 0. The number of aldehydes is 1. The van der Waals surface area contributed by atoms with Crippen LogP contribution in [0.15, 0.2) is 18.2 Å². The number of carbonyl (C=O) groups excluding carboxylic acids is 1. The van der Waals surface area contributed by atoms with Crippen molar-refractivity contribution in [1.29, 1.82) is 0 Å². The third-order valence-electron chi connectivity index (χ3n) is 2.74. The van der Waals surface area contributed by atoms with Crippen LogP contribution in [-0.4, -0.2) is 6.29 Å². The van der Waals surface area contributed by atoms with E-state index in [0.29, 0.717) is 0 Å². The Morgan fingerprint density at radius 1 is 1.46 bits per heavy atom. The molecule has 1 aliphatic carbocycles. The van der Waals surface area contributed by atoms with Crippen molar-refractivity contribution in [2.45, 2.75) is 25.2 Å². The first-order valence-electron chi connectivity index (χ1n) is 4.41. The largest absolute Gasteiger partial charge is 0.302 e. The molecule has 1 fully saturated rings. The van der Waals surface area contributed by atoms with Crippen LogP contribution >= 0.6 is 11.6 Å². The second-order valence-corrected chi connectivity index (χ2v) is 4.17. The highest BCUT2D eigenvalue weighted by molar-refractivity contribution is 6.30. The van der Waals surface area contributed by atoms with Crippen LogP contribution < -0.4 is 0 Å². The third kappa shape index (κ3) is 1.37. The molecule has 0 bridgehead atoms. The van der Waals surface area contributed by atoms with Crippen LogP contribution in [0.3, 0.4) is 0 Å². The molecule has 0 spiro atoms. The lowest BCUT2D eigenvalue weighted by molar-refractivity contribution is -0.109. The summed E-state index contributed by atoms with van der Waals surface area (Å²) in [5, 5.41) is 0.739. The molecule has 68 valence electrons. The van der Waals surface area contributed by atoms with Crippen molar-refractivity contribution in [3.8, 4) is 0 Å². The van der Waals surface area contributed by atoms with Gasteiger partial charge in [0, 0.05) is 5.02 Å². The topological polar surface area (TPSA) is 17.1 Å². The Hall–Kier alpha value is -0.820. The Morgan fingerprint density at radius 2 is 2.15 bits per heavy atom. The van der Waals surface area contributed by atoms with Crippen LogP contribution in [0.4, 0.5) is 0 Å². The van der Waals surface area contributed by atoms with E-state index in [4.69, 9.17) is 11.6 Å². The van der Waals surface area contributed by atoms with E-state index >= 15 is 0 Å². The fraction of sp³-hybridized carbons (Fsp3) is 0.364. The number of halogens is 1. The molecule has 13 heavy (non-hydrogen) atoms. The molecule has 2 heteroatoms. The highest BCUT2D eigenvalue weighted by Crippen LogP contribution is 2.47. The van der Waals surface area contributed by atoms with Crippen LogP contribution in [-0.2, 0) is 10.2 Å². The number of hydrogen-bond acceptors (Lipinski definition) is 1. The van der Waals surface area contributed by atoms with Gasteiger partial charge in [-0.05, 0) is 43.0 Å². The molecule has 1 aromatic rings.